The summed E-state index contributed by atoms with van der Waals surface area (Å²) in [4.78, 5) is 13.3. The number of rotatable bonds is 12. The minimum atomic E-state index is -0.193. The van der Waals surface area contributed by atoms with Gasteiger partial charge in [0.15, 0.2) is 0 Å². The summed E-state index contributed by atoms with van der Waals surface area (Å²) in [5.74, 6) is -0.0368. The average molecular weight is 579 g/mol. The molecule has 36 heavy (non-hydrogen) atoms. The summed E-state index contributed by atoms with van der Waals surface area (Å²) in [5, 5.41) is 24.8. The van der Waals surface area contributed by atoms with Crippen LogP contribution in [-0.4, -0.2) is 51.7 Å². The molecule has 2 aromatic rings. The first kappa shape index (κ1) is 35.7. The zero-order valence-corrected chi connectivity index (χ0v) is 24.2. The quantitative estimate of drug-likeness (QED) is 0.279. The number of benzene rings is 2. The van der Waals surface area contributed by atoms with Crippen molar-refractivity contribution in [2.75, 3.05) is 49.1 Å². The fraction of sp³-hybridized carbons (Fsp3) is 0.481. The van der Waals surface area contributed by atoms with Gasteiger partial charge in [-0.15, -0.1) is 0 Å². The molecule has 0 saturated heterocycles. The van der Waals surface area contributed by atoms with Crippen LogP contribution in [0.3, 0.4) is 0 Å². The number of anilines is 2. The van der Waals surface area contributed by atoms with E-state index in [2.05, 4.69) is 61.3 Å². The third-order valence-corrected chi connectivity index (χ3v) is 5.75. The van der Waals surface area contributed by atoms with Crippen LogP contribution >= 0.6 is 0 Å². The van der Waals surface area contributed by atoms with E-state index in [1.165, 1.54) is 0 Å². The molecule has 0 atom stereocenters. The first-order valence-electron chi connectivity index (χ1n) is 11.9. The van der Waals surface area contributed by atoms with Crippen molar-refractivity contribution in [1.82, 2.24) is 0 Å². The molecule has 2 rings (SSSR count). The Morgan fingerprint density at radius 3 is 1.31 bits per heavy atom. The van der Waals surface area contributed by atoms with E-state index in [4.69, 9.17) is 0 Å². The molecule has 2 aromatic carbocycles. The van der Waals surface area contributed by atoms with Gasteiger partial charge in [0.05, 0.1) is 0 Å². The van der Waals surface area contributed by atoms with Gasteiger partial charge in [-0.1, -0.05) is 37.5 Å². The van der Waals surface area contributed by atoms with E-state index in [1.54, 1.807) is 24.6 Å². The Balaban J connectivity index is 0. The van der Waals surface area contributed by atoms with Crippen molar-refractivity contribution in [3.8, 4) is 11.5 Å². The van der Waals surface area contributed by atoms with Crippen molar-refractivity contribution in [3.63, 3.8) is 0 Å². The van der Waals surface area contributed by atoms with Gasteiger partial charge in [0.1, 0.15) is 0 Å². The van der Waals surface area contributed by atoms with Gasteiger partial charge < -0.3 is 31.0 Å². The van der Waals surface area contributed by atoms with Gasteiger partial charge in [0.2, 0.25) is 0 Å². The third-order valence-electron chi connectivity index (χ3n) is 5.75. The Kier molecular flexibility index (Phi) is 17.0. The van der Waals surface area contributed by atoms with Crippen molar-refractivity contribution in [2.45, 2.75) is 41.5 Å². The molecule has 0 fully saturated rings. The van der Waals surface area contributed by atoms with Crippen molar-refractivity contribution >= 4 is 23.8 Å². The van der Waals surface area contributed by atoms with Gasteiger partial charge in [-0.2, -0.15) is 0 Å². The van der Waals surface area contributed by atoms with Gasteiger partial charge in [0, 0.05) is 89.6 Å². The Morgan fingerprint density at radius 2 is 1.03 bits per heavy atom. The van der Waals surface area contributed by atoms with E-state index in [0.717, 1.165) is 37.6 Å². The predicted molar refractivity (Wildman–Crippen MR) is 139 cm³/mol. The van der Waals surface area contributed by atoms with Crippen LogP contribution in [0, 0.1) is 5.41 Å². The van der Waals surface area contributed by atoms with Gasteiger partial charge in [-0.25, -0.2) is 0 Å². The maximum atomic E-state index is 12.4. The van der Waals surface area contributed by atoms with Crippen LogP contribution in [0.2, 0.25) is 0 Å². The summed E-state index contributed by atoms with van der Waals surface area (Å²) in [7, 11) is 0. The summed E-state index contributed by atoms with van der Waals surface area (Å²) >= 11 is 0. The van der Waals surface area contributed by atoms with Crippen molar-refractivity contribution in [1.29, 1.82) is 0 Å². The SMILES string of the molecule is CCN(CC)c1ccc(C=NCC(C)(C)CN=Cc2ccc(N(CC)CC)cc2[O-])c([O-])c1.[Mo].[O-2].[O-2]. The molecule has 0 spiro atoms. The topological polar surface area (TPSA) is 134 Å². The molecule has 0 bridgehead atoms. The molecule has 0 aliphatic rings. The van der Waals surface area contributed by atoms with Crippen molar-refractivity contribution < 1.29 is 42.2 Å². The number of hydrogen-bond acceptors (Lipinski definition) is 6. The molecule has 8 nitrogen and oxygen atoms in total. The van der Waals surface area contributed by atoms with Crippen LogP contribution in [0.15, 0.2) is 46.4 Å². The molecule has 0 N–H and O–H groups in total. The summed E-state index contributed by atoms with van der Waals surface area (Å²) in [5.41, 5.74) is 2.88. The maximum Gasteiger partial charge on any atom is 0.0458 e. The maximum absolute atomic E-state index is 12.4. The van der Waals surface area contributed by atoms with E-state index >= 15 is 0 Å². The molecule has 0 radical (unpaired) electrons. The van der Waals surface area contributed by atoms with Gasteiger partial charge in [0.25, 0.3) is 0 Å². The molecule has 0 aliphatic heterocycles. The van der Waals surface area contributed by atoms with E-state index in [9.17, 15) is 10.2 Å². The normalized spacial score (nSPS) is 11.1. The molecule has 0 aliphatic carbocycles. The van der Waals surface area contributed by atoms with Crippen molar-refractivity contribution in [3.05, 3.63) is 47.5 Å². The summed E-state index contributed by atoms with van der Waals surface area (Å²) in [6.45, 7) is 17.0. The fourth-order valence-corrected chi connectivity index (χ4v) is 3.66. The minimum Gasteiger partial charge on any atom is -2.00 e. The molecular formula is C27H38MoN4O4-6. The first-order valence-corrected chi connectivity index (χ1v) is 11.9. The molecule has 0 unspecified atom stereocenters. The number of hydrogen-bond donors (Lipinski definition) is 0. The van der Waals surface area contributed by atoms with E-state index < -0.39 is 0 Å². The monoisotopic (exact) mass is 580 g/mol. The van der Waals surface area contributed by atoms with Crippen LogP contribution in [0.4, 0.5) is 11.4 Å². The second-order valence-corrected chi connectivity index (χ2v) is 8.89. The second kappa shape index (κ2) is 17.1. The molecule has 0 amide bonds. The van der Waals surface area contributed by atoms with Crippen LogP contribution in [-0.2, 0) is 32.0 Å². The van der Waals surface area contributed by atoms with Gasteiger partial charge in [-0.05, 0) is 63.1 Å². The average Bonchev–Trinajstić information content (AvgIpc) is 2.78. The number of nitrogens with zero attached hydrogens (tertiary/aromatic N) is 4. The van der Waals surface area contributed by atoms with Gasteiger partial charge in [-0.3, -0.25) is 9.98 Å². The zero-order chi connectivity index (χ0) is 24.4. The molecule has 0 saturated carbocycles. The van der Waals surface area contributed by atoms with Crippen LogP contribution in [0.5, 0.6) is 11.5 Å². The summed E-state index contributed by atoms with van der Waals surface area (Å²) < 4.78 is 0. The Hall–Kier alpha value is -2.41. The molecule has 202 valence electrons. The van der Waals surface area contributed by atoms with E-state index in [0.29, 0.717) is 24.2 Å². The second-order valence-electron chi connectivity index (χ2n) is 8.89. The van der Waals surface area contributed by atoms with Crippen LogP contribution < -0.4 is 20.0 Å². The molecular weight excluding hydrogens is 540 g/mol. The van der Waals surface area contributed by atoms with E-state index in [1.807, 2.05) is 24.3 Å². The Labute approximate surface area is 230 Å². The summed E-state index contributed by atoms with van der Waals surface area (Å²) in [6.07, 6.45) is 3.31. The van der Waals surface area contributed by atoms with Crippen LogP contribution in [0.1, 0.15) is 52.7 Å². The number of aliphatic imine (C=N–C) groups is 2. The zero-order valence-electron chi connectivity index (χ0n) is 22.2. The van der Waals surface area contributed by atoms with Crippen molar-refractivity contribution in [2.24, 2.45) is 15.4 Å². The minimum absolute atomic E-state index is 0. The third kappa shape index (κ3) is 10.3. The van der Waals surface area contributed by atoms with Crippen LogP contribution in [0.25, 0.3) is 0 Å². The summed E-state index contributed by atoms with van der Waals surface area (Å²) in [6, 6.07) is 11.0. The predicted octanol–water partition coefficient (Wildman–Crippen LogP) is 3.85. The fourth-order valence-electron chi connectivity index (χ4n) is 3.66. The van der Waals surface area contributed by atoms with Gasteiger partial charge >= 0.3 is 0 Å². The molecule has 0 aromatic heterocycles. The first-order chi connectivity index (χ1) is 15.7. The molecule has 0 heterocycles. The molecule has 9 heteroatoms. The Bertz CT molecular complexity index is 883. The smallest absolute Gasteiger partial charge is 0.0458 e. The largest absolute Gasteiger partial charge is 2.00 e. The standard InChI is InChI=1S/C27H40N4O2.Mo.2O/c1-7-30(8-2)23-13-11-21(25(32)15-23)17-28-19-27(5,6)20-29-18-22-12-14-24(16-26(22)33)31(9-3)10-4;;;/h11-18,32-33H,7-10,19-20H2,1-6H3;;;/q;;2*-2/p-2. The van der Waals surface area contributed by atoms with E-state index in [-0.39, 0.29) is 48.9 Å². The Morgan fingerprint density at radius 1 is 0.694 bits per heavy atom.